The Bertz CT molecular complexity index is 963. The fourth-order valence-corrected chi connectivity index (χ4v) is 3.76. The van der Waals surface area contributed by atoms with Crippen molar-refractivity contribution < 1.29 is 14.5 Å². The zero-order chi connectivity index (χ0) is 20.8. The second-order valence-electron chi connectivity index (χ2n) is 6.18. The summed E-state index contributed by atoms with van der Waals surface area (Å²) >= 11 is 1.12. The van der Waals surface area contributed by atoms with Crippen LogP contribution in [0.3, 0.4) is 0 Å². The van der Waals surface area contributed by atoms with Gasteiger partial charge >= 0.3 is 0 Å². The van der Waals surface area contributed by atoms with Crippen LogP contribution in [0.2, 0.25) is 0 Å². The highest BCUT2D eigenvalue weighted by Crippen LogP contribution is 2.28. The number of nitrogens with zero attached hydrogens (tertiary/aromatic N) is 2. The molecule has 9 nitrogen and oxygen atoms in total. The second-order valence-corrected chi connectivity index (χ2v) is 7.28. The molecule has 0 bridgehead atoms. The molecule has 1 saturated heterocycles. The van der Waals surface area contributed by atoms with E-state index >= 15 is 0 Å². The number of nitro benzene ring substituents is 1. The fourth-order valence-electron chi connectivity index (χ4n) is 2.93. The minimum atomic E-state index is -0.893. The molecule has 1 fully saturated rings. The van der Waals surface area contributed by atoms with E-state index in [0.29, 0.717) is 0 Å². The van der Waals surface area contributed by atoms with Gasteiger partial charge in [-0.3, -0.25) is 25.0 Å². The second kappa shape index (κ2) is 9.18. The first-order valence-corrected chi connectivity index (χ1v) is 9.70. The Labute approximate surface area is 170 Å². The predicted octanol–water partition coefficient (Wildman–Crippen LogP) is 2.15. The number of para-hydroxylation sites is 2. The molecule has 1 aliphatic rings. The Hall–Kier alpha value is -3.42. The van der Waals surface area contributed by atoms with E-state index in [1.54, 1.807) is 6.07 Å². The Morgan fingerprint density at radius 2 is 1.90 bits per heavy atom. The number of thioether (sulfide) groups is 1. The van der Waals surface area contributed by atoms with Gasteiger partial charge in [0, 0.05) is 6.07 Å². The number of anilines is 1. The summed E-state index contributed by atoms with van der Waals surface area (Å²) in [5.74, 6) is -1.81. The molecule has 1 heterocycles. The third-order valence-corrected chi connectivity index (χ3v) is 5.29. The Kier molecular flexibility index (Phi) is 6.43. The van der Waals surface area contributed by atoms with Gasteiger partial charge in [0.2, 0.25) is 11.8 Å². The molecule has 29 heavy (non-hydrogen) atoms. The Balaban J connectivity index is 1.63. The minimum Gasteiger partial charge on any atom is -0.331 e. The van der Waals surface area contributed by atoms with Crippen molar-refractivity contribution >= 4 is 35.0 Å². The van der Waals surface area contributed by atoms with E-state index in [2.05, 4.69) is 16.0 Å². The largest absolute Gasteiger partial charge is 0.331 e. The number of nitrogens with one attached hydrogen (secondary N) is 3. The normalized spacial score (nSPS) is 20.9. The van der Waals surface area contributed by atoms with Gasteiger partial charge in [-0.1, -0.05) is 42.5 Å². The number of rotatable bonds is 6. The number of carbonyl (C=O) groups excluding carboxylic acids is 2. The third kappa shape index (κ3) is 4.90. The summed E-state index contributed by atoms with van der Waals surface area (Å²) in [5.41, 5.74) is 0.115. The van der Waals surface area contributed by atoms with E-state index in [1.807, 2.05) is 36.4 Å². The van der Waals surface area contributed by atoms with Gasteiger partial charge in [0.25, 0.3) is 5.69 Å². The van der Waals surface area contributed by atoms with Gasteiger partial charge in [0.1, 0.15) is 17.1 Å². The molecular formula is C19H17N5O4S. The van der Waals surface area contributed by atoms with E-state index in [-0.39, 0.29) is 17.1 Å². The molecule has 1 aliphatic heterocycles. The average molecular weight is 411 g/mol. The average Bonchev–Trinajstić information content (AvgIpc) is 2.72. The van der Waals surface area contributed by atoms with E-state index in [1.165, 1.54) is 18.2 Å². The number of nitro groups is 1. The summed E-state index contributed by atoms with van der Waals surface area (Å²) in [6.07, 6.45) is 0. The van der Waals surface area contributed by atoms with Gasteiger partial charge < -0.3 is 10.6 Å². The van der Waals surface area contributed by atoms with E-state index in [0.717, 1.165) is 17.3 Å². The molecule has 0 aliphatic carbocycles. The molecule has 3 N–H and O–H groups in total. The molecule has 3 rings (SSSR count). The minimum absolute atomic E-state index is 0.0529. The first-order chi connectivity index (χ1) is 14.0. The van der Waals surface area contributed by atoms with Crippen LogP contribution in [-0.4, -0.2) is 28.0 Å². The van der Waals surface area contributed by atoms with E-state index in [9.17, 15) is 25.0 Å². The SMILES string of the molecule is N#CC1C(=O)NC(SCC(=O)Nc2ccccc2[N+](=O)[O-])NC1c1ccccc1. The molecular weight excluding hydrogens is 394 g/mol. The third-order valence-electron chi connectivity index (χ3n) is 4.27. The van der Waals surface area contributed by atoms with Crippen molar-refractivity contribution in [1.82, 2.24) is 10.6 Å². The summed E-state index contributed by atoms with van der Waals surface area (Å²) in [7, 11) is 0. The fraction of sp³-hybridized carbons (Fsp3) is 0.211. The molecule has 0 saturated carbocycles. The quantitative estimate of drug-likeness (QED) is 0.489. The summed E-state index contributed by atoms with van der Waals surface area (Å²) in [4.78, 5) is 35.0. The number of hydrogen-bond acceptors (Lipinski definition) is 7. The van der Waals surface area contributed by atoms with Crippen LogP contribution >= 0.6 is 11.8 Å². The van der Waals surface area contributed by atoms with E-state index in [4.69, 9.17) is 0 Å². The number of nitriles is 1. The maximum atomic E-state index is 12.3. The van der Waals surface area contributed by atoms with Gasteiger partial charge in [-0.05, 0) is 11.6 Å². The summed E-state index contributed by atoms with van der Waals surface area (Å²) in [6.45, 7) is 0. The lowest BCUT2D eigenvalue weighted by Gasteiger charge is -2.34. The molecule has 3 atom stereocenters. The lowest BCUT2D eigenvalue weighted by atomic mass is 9.92. The molecule has 2 aromatic rings. The van der Waals surface area contributed by atoms with Gasteiger partial charge in [0.05, 0.1) is 22.8 Å². The van der Waals surface area contributed by atoms with Crippen LogP contribution in [0.4, 0.5) is 11.4 Å². The number of amides is 2. The van der Waals surface area contributed by atoms with Gasteiger partial charge in [-0.25, -0.2) is 0 Å². The van der Waals surface area contributed by atoms with Crippen LogP contribution in [0.25, 0.3) is 0 Å². The van der Waals surface area contributed by atoms with Crippen molar-refractivity contribution in [2.45, 2.75) is 11.5 Å². The first-order valence-electron chi connectivity index (χ1n) is 8.65. The van der Waals surface area contributed by atoms with Crippen LogP contribution in [0.5, 0.6) is 0 Å². The van der Waals surface area contributed by atoms with E-state index < -0.39 is 34.2 Å². The summed E-state index contributed by atoms with van der Waals surface area (Å²) in [5, 5.41) is 28.7. The lowest BCUT2D eigenvalue weighted by molar-refractivity contribution is -0.383. The Morgan fingerprint density at radius 1 is 1.21 bits per heavy atom. The van der Waals surface area contributed by atoms with Crippen molar-refractivity contribution in [3.05, 3.63) is 70.3 Å². The number of hydrogen-bond donors (Lipinski definition) is 3. The molecule has 0 aromatic heterocycles. The maximum Gasteiger partial charge on any atom is 0.292 e. The topological polar surface area (TPSA) is 137 Å². The maximum absolute atomic E-state index is 12.3. The van der Waals surface area contributed by atoms with Crippen LogP contribution in [-0.2, 0) is 9.59 Å². The lowest BCUT2D eigenvalue weighted by Crippen LogP contribution is -2.56. The summed E-state index contributed by atoms with van der Waals surface area (Å²) in [6, 6.07) is 16.5. The smallest absolute Gasteiger partial charge is 0.292 e. The van der Waals surface area contributed by atoms with Crippen molar-refractivity contribution in [3.63, 3.8) is 0 Å². The van der Waals surface area contributed by atoms with Crippen molar-refractivity contribution in [3.8, 4) is 6.07 Å². The first kappa shape index (κ1) is 20.3. The molecule has 0 radical (unpaired) electrons. The van der Waals surface area contributed by atoms with Gasteiger partial charge in [-0.2, -0.15) is 5.26 Å². The monoisotopic (exact) mass is 411 g/mol. The standard InChI is InChI=1S/C19H17N5O4S/c20-10-13-17(12-6-2-1-3-7-12)22-19(23-18(13)26)29-11-16(25)21-14-8-4-5-9-15(14)24(27)28/h1-9,13,17,19,22H,11H2,(H,21,25)(H,23,26). The number of carbonyl (C=O) groups is 2. The predicted molar refractivity (Wildman–Crippen MR) is 108 cm³/mol. The molecule has 3 unspecified atom stereocenters. The van der Waals surface area contributed by atoms with Crippen LogP contribution in [0, 0.1) is 27.4 Å². The molecule has 10 heteroatoms. The van der Waals surface area contributed by atoms with Gasteiger partial charge in [0.15, 0.2) is 0 Å². The van der Waals surface area contributed by atoms with Gasteiger partial charge in [-0.15, -0.1) is 11.8 Å². The zero-order valence-electron chi connectivity index (χ0n) is 15.1. The molecule has 148 valence electrons. The molecule has 2 aromatic carbocycles. The van der Waals surface area contributed by atoms with Crippen molar-refractivity contribution in [2.24, 2.45) is 5.92 Å². The summed E-state index contributed by atoms with van der Waals surface area (Å²) < 4.78 is 0. The van der Waals surface area contributed by atoms with Crippen LogP contribution in [0.15, 0.2) is 54.6 Å². The molecule has 2 amide bonds. The number of benzene rings is 2. The highest BCUT2D eigenvalue weighted by atomic mass is 32.2. The van der Waals surface area contributed by atoms with Crippen molar-refractivity contribution in [1.29, 1.82) is 5.26 Å². The Morgan fingerprint density at radius 3 is 2.59 bits per heavy atom. The van der Waals surface area contributed by atoms with Crippen LogP contribution in [0.1, 0.15) is 11.6 Å². The molecule has 0 spiro atoms. The van der Waals surface area contributed by atoms with Crippen molar-refractivity contribution in [2.75, 3.05) is 11.1 Å². The highest BCUT2D eigenvalue weighted by Gasteiger charge is 2.37. The highest BCUT2D eigenvalue weighted by molar-refractivity contribution is 8.00. The van der Waals surface area contributed by atoms with Crippen LogP contribution < -0.4 is 16.0 Å². The zero-order valence-corrected chi connectivity index (χ0v) is 15.9.